The van der Waals surface area contributed by atoms with Gasteiger partial charge in [-0.15, -0.1) is 0 Å². The molecule has 5 nitrogen and oxygen atoms in total. The number of hydrogen-bond donors (Lipinski definition) is 0. The van der Waals surface area contributed by atoms with Gasteiger partial charge in [0.1, 0.15) is 12.4 Å². The van der Waals surface area contributed by atoms with Crippen LogP contribution in [0, 0.1) is 0 Å². The highest BCUT2D eigenvalue weighted by molar-refractivity contribution is 5.94. The quantitative estimate of drug-likeness (QED) is 0.567. The van der Waals surface area contributed by atoms with E-state index < -0.39 is 0 Å². The summed E-state index contributed by atoms with van der Waals surface area (Å²) < 4.78 is 1.95. The summed E-state index contributed by atoms with van der Waals surface area (Å²) >= 11 is 0. The molecular formula is C21H18N4O. The Kier molecular flexibility index (Phi) is 4.19. The van der Waals surface area contributed by atoms with E-state index in [2.05, 4.69) is 4.98 Å². The number of aromatic nitrogens is 3. The number of carbonyl (C=O) groups excluding carboxylic acids is 1. The molecule has 0 aliphatic heterocycles. The van der Waals surface area contributed by atoms with Crippen LogP contribution in [0.15, 0.2) is 79.1 Å². The normalized spacial score (nSPS) is 10.8. The van der Waals surface area contributed by atoms with Gasteiger partial charge >= 0.3 is 0 Å². The molecule has 0 unspecified atom stereocenters. The highest BCUT2D eigenvalue weighted by Gasteiger charge is 2.18. The van der Waals surface area contributed by atoms with Crippen molar-refractivity contribution in [1.82, 2.24) is 14.5 Å². The number of benzene rings is 2. The Hall–Kier alpha value is -3.47. The van der Waals surface area contributed by atoms with Crippen molar-refractivity contribution in [2.75, 3.05) is 11.9 Å². The molecule has 0 atom stereocenters. The van der Waals surface area contributed by atoms with Crippen LogP contribution in [-0.2, 0) is 11.3 Å². The van der Waals surface area contributed by atoms with Gasteiger partial charge in [0.2, 0.25) is 5.91 Å². The van der Waals surface area contributed by atoms with Crippen molar-refractivity contribution in [3.63, 3.8) is 0 Å². The first-order chi connectivity index (χ1) is 12.7. The van der Waals surface area contributed by atoms with Crippen LogP contribution in [0.3, 0.4) is 0 Å². The minimum absolute atomic E-state index is 0.00973. The van der Waals surface area contributed by atoms with Gasteiger partial charge in [0, 0.05) is 30.7 Å². The number of fused-ring (bicyclic) bond motifs is 1. The predicted octanol–water partition coefficient (Wildman–Crippen LogP) is 3.76. The second-order valence-electron chi connectivity index (χ2n) is 6.04. The molecule has 1 amide bonds. The summed E-state index contributed by atoms with van der Waals surface area (Å²) in [5.74, 6) is 0.735. The summed E-state index contributed by atoms with van der Waals surface area (Å²) in [5.41, 5.74) is 3.55. The monoisotopic (exact) mass is 342 g/mol. The average molecular weight is 342 g/mol. The second-order valence-corrected chi connectivity index (χ2v) is 6.04. The lowest BCUT2D eigenvalue weighted by Crippen LogP contribution is -2.30. The number of carbonyl (C=O) groups is 1. The Bertz CT molecular complexity index is 1040. The summed E-state index contributed by atoms with van der Waals surface area (Å²) in [6.07, 6.45) is 3.49. The molecule has 2 aromatic heterocycles. The van der Waals surface area contributed by atoms with E-state index in [4.69, 9.17) is 4.98 Å². The Morgan fingerprint density at radius 1 is 1.00 bits per heavy atom. The number of amides is 1. The van der Waals surface area contributed by atoms with Gasteiger partial charge in [-0.3, -0.25) is 9.78 Å². The zero-order valence-corrected chi connectivity index (χ0v) is 14.4. The minimum Gasteiger partial charge on any atom is -0.314 e. The molecule has 0 saturated carbocycles. The highest BCUT2D eigenvalue weighted by Crippen LogP contribution is 2.24. The van der Waals surface area contributed by atoms with Crippen LogP contribution in [-0.4, -0.2) is 27.5 Å². The van der Waals surface area contributed by atoms with Crippen LogP contribution in [0.25, 0.3) is 22.4 Å². The predicted molar refractivity (Wildman–Crippen MR) is 103 cm³/mol. The third kappa shape index (κ3) is 2.95. The van der Waals surface area contributed by atoms with Crippen molar-refractivity contribution in [1.29, 1.82) is 0 Å². The van der Waals surface area contributed by atoms with Crippen LogP contribution in [0.4, 0.5) is 5.69 Å². The molecule has 4 rings (SSSR count). The van der Waals surface area contributed by atoms with Crippen molar-refractivity contribution < 1.29 is 4.79 Å². The Balaban J connectivity index is 1.75. The first kappa shape index (κ1) is 16.0. The van der Waals surface area contributed by atoms with Gasteiger partial charge in [0.15, 0.2) is 0 Å². The Morgan fingerprint density at radius 2 is 1.77 bits per heavy atom. The van der Waals surface area contributed by atoms with E-state index in [0.29, 0.717) is 0 Å². The van der Waals surface area contributed by atoms with E-state index in [1.807, 2.05) is 71.3 Å². The molecule has 0 aliphatic carbocycles. The second kappa shape index (κ2) is 6.80. The maximum absolute atomic E-state index is 12.9. The fourth-order valence-corrected chi connectivity index (χ4v) is 2.99. The van der Waals surface area contributed by atoms with Gasteiger partial charge < -0.3 is 9.47 Å². The molecule has 0 radical (unpaired) electrons. The van der Waals surface area contributed by atoms with Crippen LogP contribution in [0.1, 0.15) is 0 Å². The number of para-hydroxylation sites is 3. The van der Waals surface area contributed by atoms with Gasteiger partial charge in [-0.1, -0.05) is 30.3 Å². The van der Waals surface area contributed by atoms with E-state index in [1.165, 1.54) is 0 Å². The molecule has 0 bridgehead atoms. The molecule has 0 fully saturated rings. The van der Waals surface area contributed by atoms with Crippen LogP contribution >= 0.6 is 0 Å². The SMILES string of the molecule is CN(C(=O)Cn1c(-c2cccnc2)nc2ccccc21)c1ccccc1. The zero-order valence-electron chi connectivity index (χ0n) is 14.4. The third-order valence-electron chi connectivity index (χ3n) is 4.39. The summed E-state index contributed by atoms with van der Waals surface area (Å²) in [5, 5.41) is 0. The van der Waals surface area contributed by atoms with Gasteiger partial charge in [0.25, 0.3) is 0 Å². The van der Waals surface area contributed by atoms with Crippen LogP contribution in [0.2, 0.25) is 0 Å². The maximum Gasteiger partial charge on any atom is 0.246 e. The van der Waals surface area contributed by atoms with E-state index in [9.17, 15) is 4.79 Å². The van der Waals surface area contributed by atoms with Crippen molar-refractivity contribution in [2.45, 2.75) is 6.54 Å². The van der Waals surface area contributed by atoms with Crippen molar-refractivity contribution in [3.05, 3.63) is 79.1 Å². The largest absolute Gasteiger partial charge is 0.314 e. The van der Waals surface area contributed by atoms with Gasteiger partial charge in [-0.25, -0.2) is 4.98 Å². The number of nitrogens with zero attached hydrogens (tertiary/aromatic N) is 4. The average Bonchev–Trinajstić information content (AvgIpc) is 3.07. The first-order valence-corrected chi connectivity index (χ1v) is 8.41. The van der Waals surface area contributed by atoms with Crippen molar-refractivity contribution in [2.24, 2.45) is 0 Å². The summed E-state index contributed by atoms with van der Waals surface area (Å²) in [6, 6.07) is 21.3. The molecule has 0 spiro atoms. The Labute approximate surface area is 151 Å². The molecule has 2 heterocycles. The van der Waals surface area contributed by atoms with Crippen LogP contribution in [0.5, 0.6) is 0 Å². The van der Waals surface area contributed by atoms with Crippen molar-refractivity contribution >= 4 is 22.6 Å². The molecule has 0 N–H and O–H groups in total. The van der Waals surface area contributed by atoms with Crippen LogP contribution < -0.4 is 4.90 Å². The van der Waals surface area contributed by atoms with Gasteiger partial charge in [-0.2, -0.15) is 0 Å². The first-order valence-electron chi connectivity index (χ1n) is 8.41. The molecule has 0 aliphatic rings. The van der Waals surface area contributed by atoms with Crippen molar-refractivity contribution in [3.8, 4) is 11.4 Å². The van der Waals surface area contributed by atoms with E-state index >= 15 is 0 Å². The molecule has 0 saturated heterocycles. The van der Waals surface area contributed by atoms with Gasteiger partial charge in [-0.05, 0) is 36.4 Å². The number of imidazole rings is 1. The summed E-state index contributed by atoms with van der Waals surface area (Å²) in [7, 11) is 1.79. The summed E-state index contributed by atoms with van der Waals surface area (Å²) in [4.78, 5) is 23.5. The fourth-order valence-electron chi connectivity index (χ4n) is 2.99. The topological polar surface area (TPSA) is 51.0 Å². The molecule has 128 valence electrons. The standard InChI is InChI=1S/C21H18N4O/c1-24(17-9-3-2-4-10-17)20(26)15-25-19-12-6-5-11-18(19)23-21(25)16-8-7-13-22-14-16/h2-14H,15H2,1H3. The molecule has 5 heteroatoms. The zero-order chi connectivity index (χ0) is 17.9. The molecule has 26 heavy (non-hydrogen) atoms. The molecule has 2 aromatic carbocycles. The summed E-state index contributed by atoms with van der Waals surface area (Å²) in [6.45, 7) is 0.204. The van der Waals surface area contributed by atoms with E-state index in [-0.39, 0.29) is 12.5 Å². The number of rotatable bonds is 4. The lowest BCUT2D eigenvalue weighted by molar-refractivity contribution is -0.118. The number of hydrogen-bond acceptors (Lipinski definition) is 3. The highest BCUT2D eigenvalue weighted by atomic mass is 16.2. The van der Waals surface area contributed by atoms with E-state index in [0.717, 1.165) is 28.1 Å². The third-order valence-corrected chi connectivity index (χ3v) is 4.39. The smallest absolute Gasteiger partial charge is 0.246 e. The van der Waals surface area contributed by atoms with E-state index in [1.54, 1.807) is 24.3 Å². The fraction of sp³-hybridized carbons (Fsp3) is 0.0952. The Morgan fingerprint density at radius 3 is 2.54 bits per heavy atom. The number of anilines is 1. The lowest BCUT2D eigenvalue weighted by Gasteiger charge is -2.18. The minimum atomic E-state index is -0.00973. The number of pyridine rings is 1. The molecule has 4 aromatic rings. The lowest BCUT2D eigenvalue weighted by atomic mass is 10.2. The maximum atomic E-state index is 12.9. The molecular weight excluding hydrogens is 324 g/mol. The van der Waals surface area contributed by atoms with Gasteiger partial charge in [0.05, 0.1) is 11.0 Å². The number of likely N-dealkylation sites (N-methyl/N-ethyl adjacent to an activating group) is 1.